The van der Waals surface area contributed by atoms with Crippen molar-refractivity contribution in [3.8, 4) is 5.75 Å². The van der Waals surface area contributed by atoms with E-state index in [0.717, 1.165) is 56.3 Å². The molecule has 1 saturated carbocycles. The predicted molar refractivity (Wildman–Crippen MR) is 217 cm³/mol. The molecule has 0 bridgehead atoms. The second kappa shape index (κ2) is 19.0. The molecule has 11 nitrogen and oxygen atoms in total. The fourth-order valence-electron chi connectivity index (χ4n) is 11.0. The molecule has 3 aliphatic carbocycles. The van der Waals surface area contributed by atoms with E-state index in [1.807, 2.05) is 26.0 Å². The van der Waals surface area contributed by atoms with Crippen LogP contribution in [0.5, 0.6) is 5.75 Å². The second-order valence-corrected chi connectivity index (χ2v) is 17.8. The Morgan fingerprint density at radius 2 is 1.45 bits per heavy atom. The minimum atomic E-state index is -0.648. The summed E-state index contributed by atoms with van der Waals surface area (Å²) in [6, 6.07) is 8.30. The summed E-state index contributed by atoms with van der Waals surface area (Å²) in [4.78, 5) is 28.8. The second-order valence-electron chi connectivity index (χ2n) is 17.8. The van der Waals surface area contributed by atoms with Crippen LogP contribution in [0.4, 0.5) is 0 Å². The Morgan fingerprint density at radius 3 is 2.10 bits per heavy atom. The van der Waals surface area contributed by atoms with E-state index in [9.17, 15) is 9.59 Å². The van der Waals surface area contributed by atoms with Gasteiger partial charge in [-0.2, -0.15) is 0 Å². The molecule has 0 N–H and O–H groups in total. The summed E-state index contributed by atoms with van der Waals surface area (Å²) in [5.74, 6) is 0.662. The van der Waals surface area contributed by atoms with Gasteiger partial charge >= 0.3 is 5.97 Å². The van der Waals surface area contributed by atoms with E-state index in [1.54, 1.807) is 28.4 Å². The molecule has 3 heterocycles. The SMILES string of the molecule is CC[C@H]1CCC[C@H](O[C@H]2CC[C@H](C)C(C)O2)[C@@H](C)C(=O)C2=C[C@@H]3C(=CC(c4ccc(OC)cc4)[C@@H]4C[C@@H](O[C@@H]5OC(C)[C@H](OC)C(OC)[C@@H]5OC)C[C@@H]34)[C@@H]2CC(=O)O1. The van der Waals surface area contributed by atoms with Gasteiger partial charge in [0, 0.05) is 45.0 Å². The van der Waals surface area contributed by atoms with Gasteiger partial charge in [0.05, 0.1) is 37.9 Å². The third-order valence-corrected chi connectivity index (χ3v) is 14.6. The van der Waals surface area contributed by atoms with Crippen molar-refractivity contribution in [3.05, 3.63) is 53.1 Å². The van der Waals surface area contributed by atoms with E-state index in [0.29, 0.717) is 17.9 Å². The predicted octanol–water partition coefficient (Wildman–Crippen LogP) is 7.74. The number of allylic oxidation sites excluding steroid dienone is 4. The maximum atomic E-state index is 15.0. The van der Waals surface area contributed by atoms with Crippen LogP contribution in [0, 0.1) is 35.5 Å². The highest BCUT2D eigenvalue weighted by Gasteiger charge is 2.54. The lowest BCUT2D eigenvalue weighted by Gasteiger charge is -2.44. The van der Waals surface area contributed by atoms with Crippen LogP contribution >= 0.6 is 0 Å². The summed E-state index contributed by atoms with van der Waals surface area (Å²) in [5.41, 5.74) is 3.02. The lowest BCUT2D eigenvalue weighted by Crippen LogP contribution is -2.59. The van der Waals surface area contributed by atoms with Crippen molar-refractivity contribution in [1.82, 2.24) is 0 Å². The molecule has 58 heavy (non-hydrogen) atoms. The zero-order valence-corrected chi connectivity index (χ0v) is 36.1. The number of carbonyl (C=O) groups is 2. The van der Waals surface area contributed by atoms with Crippen molar-refractivity contribution >= 4 is 11.8 Å². The highest BCUT2D eigenvalue weighted by molar-refractivity contribution is 6.00. The first-order chi connectivity index (χ1) is 28.0. The first-order valence-electron chi connectivity index (χ1n) is 22.0. The molecular weight excluding hydrogens is 741 g/mol. The molecule has 7 rings (SSSR count). The van der Waals surface area contributed by atoms with E-state index in [1.165, 1.54) is 5.56 Å². The van der Waals surface area contributed by atoms with E-state index >= 15 is 0 Å². The zero-order chi connectivity index (χ0) is 41.2. The molecule has 0 aromatic heterocycles. The van der Waals surface area contributed by atoms with Gasteiger partial charge in [0.1, 0.15) is 30.2 Å². The molecule has 3 saturated heterocycles. The van der Waals surface area contributed by atoms with Gasteiger partial charge in [-0.1, -0.05) is 50.6 Å². The molecule has 322 valence electrons. The van der Waals surface area contributed by atoms with Gasteiger partial charge in [0.25, 0.3) is 0 Å². The fourth-order valence-corrected chi connectivity index (χ4v) is 11.0. The smallest absolute Gasteiger partial charge is 0.307 e. The quantitative estimate of drug-likeness (QED) is 0.171. The molecule has 6 aliphatic rings. The van der Waals surface area contributed by atoms with Crippen LogP contribution in [0.25, 0.3) is 0 Å². The van der Waals surface area contributed by atoms with Crippen LogP contribution in [0.3, 0.4) is 0 Å². The summed E-state index contributed by atoms with van der Waals surface area (Å²) in [5, 5.41) is 0. The van der Waals surface area contributed by atoms with Crippen molar-refractivity contribution in [1.29, 1.82) is 0 Å². The van der Waals surface area contributed by atoms with Crippen molar-refractivity contribution in [2.75, 3.05) is 28.4 Å². The minimum Gasteiger partial charge on any atom is -0.497 e. The summed E-state index contributed by atoms with van der Waals surface area (Å²) in [6.07, 6.45) is 8.11. The summed E-state index contributed by atoms with van der Waals surface area (Å²) >= 11 is 0. The Labute approximate surface area is 345 Å². The molecule has 17 atom stereocenters. The third kappa shape index (κ3) is 8.88. The van der Waals surface area contributed by atoms with Crippen LogP contribution in [0.15, 0.2) is 47.6 Å². The Hall–Kier alpha value is -2.64. The van der Waals surface area contributed by atoms with Crippen LogP contribution in [0.2, 0.25) is 0 Å². The number of hydrogen-bond acceptors (Lipinski definition) is 11. The van der Waals surface area contributed by atoms with Gasteiger partial charge in [-0.3, -0.25) is 9.59 Å². The van der Waals surface area contributed by atoms with Crippen molar-refractivity contribution in [2.24, 2.45) is 35.5 Å². The Kier molecular flexibility index (Phi) is 14.2. The van der Waals surface area contributed by atoms with Gasteiger partial charge in [0.2, 0.25) is 0 Å². The highest BCUT2D eigenvalue weighted by Crippen LogP contribution is 2.58. The zero-order valence-electron chi connectivity index (χ0n) is 36.1. The third-order valence-electron chi connectivity index (χ3n) is 14.6. The molecule has 4 unspecified atom stereocenters. The first-order valence-corrected chi connectivity index (χ1v) is 22.0. The average molecular weight is 809 g/mol. The van der Waals surface area contributed by atoms with Crippen molar-refractivity contribution in [2.45, 2.75) is 160 Å². The normalized spacial score (nSPS) is 42.2. The van der Waals surface area contributed by atoms with Gasteiger partial charge in [0.15, 0.2) is 18.4 Å². The monoisotopic (exact) mass is 808 g/mol. The number of fused-ring (bicyclic) bond motifs is 5. The van der Waals surface area contributed by atoms with Crippen LogP contribution in [0.1, 0.15) is 104 Å². The number of ketones is 1. The Balaban J connectivity index is 1.22. The van der Waals surface area contributed by atoms with E-state index in [4.69, 9.17) is 42.6 Å². The van der Waals surface area contributed by atoms with E-state index < -0.39 is 18.3 Å². The lowest BCUT2D eigenvalue weighted by molar-refractivity contribution is -0.314. The van der Waals surface area contributed by atoms with Gasteiger partial charge in [-0.15, -0.1) is 0 Å². The number of carbonyl (C=O) groups excluding carboxylic acids is 2. The molecule has 3 aliphatic heterocycles. The number of cyclic esters (lactones) is 1. The number of ether oxygens (including phenoxy) is 9. The number of rotatable bonds is 10. The maximum Gasteiger partial charge on any atom is 0.307 e. The van der Waals surface area contributed by atoms with Gasteiger partial charge < -0.3 is 42.6 Å². The average Bonchev–Trinajstić information content (AvgIpc) is 3.81. The maximum absolute atomic E-state index is 15.0. The molecule has 0 amide bonds. The number of hydrogen-bond donors (Lipinski definition) is 0. The molecule has 4 fully saturated rings. The molecule has 11 heteroatoms. The number of esters is 1. The molecule has 0 spiro atoms. The standard InChI is InChI=1S/C47H68O11/c1-10-30-12-11-13-40(58-42-19-14-25(2)27(4)54-42)26(3)43(49)39-23-37-35-21-32(57-47-46(53-9)45(52-8)44(51-7)28(5)55-47)20-34(35)33(29-15-17-31(50-6)18-16-29)22-36(37)38(39)24-41(48)56-30/h15-18,22-23,25-28,30,32-35,37-38,40,42,44-47H,10-14,19-21,24H2,1-9H3/t25-,26+,27?,28?,30-,32+,33?,34-,35+,37-,38-,40-,42-,44-,45?,46-,47-/m0/s1. The number of methoxy groups -OCH3 is 4. The first kappa shape index (κ1) is 43.4. The largest absolute Gasteiger partial charge is 0.497 e. The van der Waals surface area contributed by atoms with E-state index in [2.05, 4.69) is 45.1 Å². The molecular formula is C47H68O11. The molecule has 1 aromatic carbocycles. The van der Waals surface area contributed by atoms with Crippen molar-refractivity contribution in [3.63, 3.8) is 0 Å². The Bertz CT molecular complexity index is 1620. The van der Waals surface area contributed by atoms with E-state index in [-0.39, 0.29) is 96.8 Å². The summed E-state index contributed by atoms with van der Waals surface area (Å²) in [6.45, 7) is 10.4. The van der Waals surface area contributed by atoms with Gasteiger partial charge in [-0.25, -0.2) is 0 Å². The number of benzene rings is 1. The topological polar surface area (TPSA) is 117 Å². The van der Waals surface area contributed by atoms with Crippen LogP contribution in [-0.2, 0) is 47.5 Å². The van der Waals surface area contributed by atoms with Crippen LogP contribution in [-0.4, -0.2) is 102 Å². The Morgan fingerprint density at radius 1 is 0.741 bits per heavy atom. The highest BCUT2D eigenvalue weighted by atomic mass is 16.7. The lowest BCUT2D eigenvalue weighted by atomic mass is 9.66. The van der Waals surface area contributed by atoms with Crippen molar-refractivity contribution < 1.29 is 52.2 Å². The number of Topliss-reactive ketones (excluding diaryl/α,β-unsaturated/α-hetero) is 1. The minimum absolute atomic E-state index is 0.0263. The van der Waals surface area contributed by atoms with Crippen LogP contribution < -0.4 is 4.74 Å². The molecule has 1 aromatic rings. The summed E-state index contributed by atoms with van der Waals surface area (Å²) in [7, 11) is 6.65. The van der Waals surface area contributed by atoms with Gasteiger partial charge in [-0.05, 0) is 106 Å². The molecule has 0 radical (unpaired) electrons. The fraction of sp³-hybridized carbons (Fsp3) is 0.745. The summed E-state index contributed by atoms with van der Waals surface area (Å²) < 4.78 is 55.7.